The first-order chi connectivity index (χ1) is 14.3. The number of hydrogen-bond acceptors (Lipinski definition) is 5. The normalized spacial score (nSPS) is 12.5. The van der Waals surface area contributed by atoms with Crippen molar-refractivity contribution in [2.24, 2.45) is 0 Å². The number of aromatic nitrogens is 4. The van der Waals surface area contributed by atoms with Gasteiger partial charge in [0.25, 0.3) is 0 Å². The van der Waals surface area contributed by atoms with E-state index in [1.165, 1.54) is 5.56 Å². The molecule has 0 saturated heterocycles. The average Bonchev–Trinajstić information content (AvgIpc) is 2.73. The van der Waals surface area contributed by atoms with E-state index in [2.05, 4.69) is 101 Å². The lowest BCUT2D eigenvalue weighted by Crippen LogP contribution is -1.91. The van der Waals surface area contributed by atoms with Crippen molar-refractivity contribution in [3.8, 4) is 0 Å². The molecule has 0 saturated carbocycles. The topological polar surface area (TPSA) is 71.8 Å². The maximum absolute atomic E-state index is 9.33. The maximum Gasteiger partial charge on any atom is 0.103 e. The van der Waals surface area contributed by atoms with Crippen LogP contribution in [-0.4, -0.2) is 25.0 Å². The molecule has 4 rings (SSSR count). The Balaban J connectivity index is 0.000000182. The van der Waals surface area contributed by atoms with Gasteiger partial charge >= 0.3 is 0 Å². The molecule has 0 aliphatic rings. The van der Waals surface area contributed by atoms with Crippen LogP contribution in [0.5, 0.6) is 0 Å². The summed E-state index contributed by atoms with van der Waals surface area (Å²) in [5, 5.41) is 9.33. The van der Waals surface area contributed by atoms with Gasteiger partial charge < -0.3 is 5.11 Å². The highest BCUT2D eigenvalue weighted by Crippen LogP contribution is 2.59. The molecule has 0 aliphatic heterocycles. The molecule has 0 bridgehead atoms. The smallest absolute Gasteiger partial charge is 0.103 e. The summed E-state index contributed by atoms with van der Waals surface area (Å²) >= 11 is 13.0. The Hall–Kier alpha value is -0.570. The molecule has 4 aromatic rings. The Morgan fingerprint density at radius 2 is 1.07 bits per heavy atom. The summed E-state index contributed by atoms with van der Waals surface area (Å²) in [7, 11) is 0. The van der Waals surface area contributed by atoms with Crippen molar-refractivity contribution in [3.05, 3.63) is 72.3 Å². The Morgan fingerprint density at radius 1 is 0.700 bits per heavy atom. The third-order valence-corrected chi connectivity index (χ3v) is 4.46. The zero-order chi connectivity index (χ0) is 22.1. The van der Waals surface area contributed by atoms with Crippen molar-refractivity contribution < 1.29 is 5.11 Å². The molecule has 30 heavy (non-hydrogen) atoms. The molecule has 10 heteroatoms. The summed E-state index contributed by atoms with van der Waals surface area (Å²) in [6, 6.07) is 11.7. The highest BCUT2D eigenvalue weighted by Gasteiger charge is 2.03. The predicted octanol–water partition coefficient (Wildman–Crippen LogP) is 8.17. The van der Waals surface area contributed by atoms with Crippen LogP contribution in [0.2, 0.25) is 0 Å². The molecule has 2 atom stereocenters. The standard InChI is InChI=1S/C10H9BrN2.C10H10N2O.Br3P/c1-7(11)8-2-3-9-10(6-8)13-5-4-12-9;1-7(13)8-2-3-9-10(6-8)12-5-4-11-9;1-4(2)3/h2-7H,1H3;2-7,13H,1H3;. The lowest BCUT2D eigenvalue weighted by molar-refractivity contribution is 0.199. The number of aliphatic hydroxyl groups excluding tert-OH is 1. The Kier molecular flexibility index (Phi) is 11.2. The van der Waals surface area contributed by atoms with Gasteiger partial charge in [0, 0.05) is 29.6 Å². The third kappa shape index (κ3) is 8.52. The van der Waals surface area contributed by atoms with Crippen molar-refractivity contribution in [2.75, 3.05) is 0 Å². The average molecular weight is 682 g/mol. The molecule has 1 N–H and O–H groups in total. The SMILES string of the molecule is BrP(Br)Br.CC(Br)c1ccc2nccnc2c1.CC(O)c1ccc2nccnc2c1. The van der Waals surface area contributed by atoms with E-state index < -0.39 is 6.10 Å². The van der Waals surface area contributed by atoms with Crippen LogP contribution in [0.3, 0.4) is 0 Å². The molecule has 5 nitrogen and oxygen atoms in total. The molecule has 2 aromatic heterocycles. The molecular weight excluding hydrogens is 663 g/mol. The minimum atomic E-state index is -0.452. The number of aliphatic hydroxyl groups is 1. The highest BCUT2D eigenvalue weighted by molar-refractivity contribution is 9.93. The van der Waals surface area contributed by atoms with E-state index in [-0.39, 0.29) is 4.03 Å². The van der Waals surface area contributed by atoms with Gasteiger partial charge in [-0.15, -0.1) is 0 Å². The van der Waals surface area contributed by atoms with Crippen molar-refractivity contribution in [1.29, 1.82) is 0 Å². The Bertz CT molecular complexity index is 996. The highest BCUT2D eigenvalue weighted by atomic mass is 80.0. The van der Waals surface area contributed by atoms with Gasteiger partial charge in [0.1, 0.15) is 4.03 Å². The first-order valence-corrected chi connectivity index (χ1v) is 17.1. The van der Waals surface area contributed by atoms with Crippen molar-refractivity contribution >= 4 is 88.5 Å². The number of hydrogen-bond donors (Lipinski definition) is 1. The fourth-order valence-electron chi connectivity index (χ4n) is 2.47. The van der Waals surface area contributed by atoms with E-state index >= 15 is 0 Å². The molecule has 0 amide bonds. The fourth-order valence-corrected chi connectivity index (χ4v) is 2.75. The van der Waals surface area contributed by atoms with Crippen LogP contribution in [0.4, 0.5) is 0 Å². The Morgan fingerprint density at radius 3 is 1.47 bits per heavy atom. The molecule has 0 spiro atoms. The molecule has 0 aliphatic carbocycles. The van der Waals surface area contributed by atoms with Gasteiger partial charge in [-0.3, -0.25) is 19.9 Å². The number of rotatable bonds is 2. The second-order valence-electron chi connectivity index (χ2n) is 6.09. The second kappa shape index (κ2) is 13.1. The van der Waals surface area contributed by atoms with Gasteiger partial charge in [0.15, 0.2) is 0 Å². The summed E-state index contributed by atoms with van der Waals surface area (Å²) in [6.07, 6.45) is 6.27. The van der Waals surface area contributed by atoms with Crippen LogP contribution in [0.1, 0.15) is 35.9 Å². The number of fused-ring (bicyclic) bond motifs is 2. The van der Waals surface area contributed by atoms with Gasteiger partial charge in [-0.05, 0) is 95.7 Å². The summed E-state index contributed by atoms with van der Waals surface area (Å²) < 4.78 is -0.183. The van der Waals surface area contributed by atoms with E-state index in [1.54, 1.807) is 31.7 Å². The van der Waals surface area contributed by atoms with E-state index in [0.717, 1.165) is 27.6 Å². The van der Waals surface area contributed by atoms with Crippen LogP contribution >= 0.6 is 66.4 Å². The maximum atomic E-state index is 9.33. The lowest BCUT2D eigenvalue weighted by atomic mass is 10.1. The van der Waals surface area contributed by atoms with E-state index in [9.17, 15) is 5.11 Å². The number of benzene rings is 2. The first kappa shape index (κ1) is 25.7. The van der Waals surface area contributed by atoms with E-state index in [1.807, 2.05) is 24.3 Å². The van der Waals surface area contributed by atoms with Crippen molar-refractivity contribution in [2.45, 2.75) is 24.8 Å². The molecule has 0 radical (unpaired) electrons. The van der Waals surface area contributed by atoms with Crippen LogP contribution < -0.4 is 0 Å². The van der Waals surface area contributed by atoms with Crippen molar-refractivity contribution in [1.82, 2.24) is 19.9 Å². The van der Waals surface area contributed by atoms with Crippen LogP contribution in [-0.2, 0) is 0 Å². The molecule has 158 valence electrons. The van der Waals surface area contributed by atoms with Gasteiger partial charge in [0.2, 0.25) is 0 Å². The largest absolute Gasteiger partial charge is 0.389 e. The van der Waals surface area contributed by atoms with Crippen LogP contribution in [0.15, 0.2) is 61.2 Å². The van der Waals surface area contributed by atoms with Gasteiger partial charge in [-0.25, -0.2) is 0 Å². The monoisotopic (exact) mass is 678 g/mol. The molecule has 2 unspecified atom stereocenters. The quantitative estimate of drug-likeness (QED) is 0.171. The number of alkyl halides is 1. The number of halogens is 4. The zero-order valence-corrected chi connectivity index (χ0v) is 23.4. The summed E-state index contributed by atoms with van der Waals surface area (Å²) in [5.41, 5.74) is 5.67. The predicted molar refractivity (Wildman–Crippen MR) is 141 cm³/mol. The van der Waals surface area contributed by atoms with Gasteiger partial charge in [0.05, 0.1) is 28.2 Å². The lowest BCUT2D eigenvalue weighted by Gasteiger charge is -2.04. The van der Waals surface area contributed by atoms with E-state index in [0.29, 0.717) is 4.83 Å². The van der Waals surface area contributed by atoms with Crippen LogP contribution in [0, 0.1) is 0 Å². The second-order valence-corrected chi connectivity index (χ2v) is 22.8. The minimum absolute atomic E-state index is 0.183. The van der Waals surface area contributed by atoms with Gasteiger partial charge in [-0.1, -0.05) is 28.1 Å². The van der Waals surface area contributed by atoms with E-state index in [4.69, 9.17) is 0 Å². The third-order valence-electron chi connectivity index (χ3n) is 3.93. The summed E-state index contributed by atoms with van der Waals surface area (Å²) in [5.74, 6) is 0. The Labute approximate surface area is 209 Å². The molecule has 2 heterocycles. The molecule has 0 fully saturated rings. The fraction of sp³-hybridized carbons (Fsp3) is 0.200. The van der Waals surface area contributed by atoms with Crippen LogP contribution in [0.25, 0.3) is 22.1 Å². The van der Waals surface area contributed by atoms with Gasteiger partial charge in [-0.2, -0.15) is 0 Å². The minimum Gasteiger partial charge on any atom is -0.389 e. The zero-order valence-electron chi connectivity index (χ0n) is 16.1. The first-order valence-electron chi connectivity index (χ1n) is 8.79. The summed E-state index contributed by atoms with van der Waals surface area (Å²) in [4.78, 5) is 17.1. The summed E-state index contributed by atoms with van der Waals surface area (Å²) in [6.45, 7) is 3.83. The molecule has 2 aromatic carbocycles. The number of nitrogens with zero attached hydrogens (tertiary/aromatic N) is 4. The van der Waals surface area contributed by atoms with Crippen molar-refractivity contribution in [3.63, 3.8) is 0 Å². The molecular formula is C20H19Br4N4OP.